The van der Waals surface area contributed by atoms with Crippen LogP contribution < -0.4 is 0 Å². The molecule has 0 N–H and O–H groups in total. The Balaban J connectivity index is 5.71. The first kappa shape index (κ1) is 19.8. The summed E-state index contributed by atoms with van der Waals surface area (Å²) in [5, 5.41) is 0. The lowest BCUT2D eigenvalue weighted by atomic mass is 10.7. The van der Waals surface area contributed by atoms with Gasteiger partial charge >= 0.3 is 0 Å². The second-order valence-corrected chi connectivity index (χ2v) is 13.0. The van der Waals surface area contributed by atoms with Gasteiger partial charge in [0.2, 0.25) is 0 Å². The normalized spacial score (nSPS) is 11.1. The summed E-state index contributed by atoms with van der Waals surface area (Å²) in [7, 11) is -2.85. The van der Waals surface area contributed by atoms with Crippen molar-refractivity contribution in [2.45, 2.75) is 30.2 Å². The van der Waals surface area contributed by atoms with Crippen molar-refractivity contribution in [2.24, 2.45) is 0 Å². The number of nitrogens with zero attached hydrogens (tertiary/aromatic N) is 1. The van der Waals surface area contributed by atoms with Gasteiger partial charge in [0.15, 0.2) is 0 Å². The van der Waals surface area contributed by atoms with E-state index < -0.39 is 17.2 Å². The van der Waals surface area contributed by atoms with Crippen LogP contribution in [0.1, 0.15) is 0 Å². The Morgan fingerprint density at radius 3 is 1.38 bits per heavy atom. The molecule has 0 aliphatic carbocycles. The molecule has 0 amide bonds. The largest absolute Gasteiger partial charge is 0.343 e. The summed E-state index contributed by atoms with van der Waals surface area (Å²) >= 11 is 0. The molecule has 0 aromatic carbocycles. The molecule has 0 atom stereocenters. The summed E-state index contributed by atoms with van der Waals surface area (Å²) in [5.41, 5.74) is 0. The van der Waals surface area contributed by atoms with Crippen LogP contribution in [0.4, 0.5) is 0 Å². The van der Waals surface area contributed by atoms with E-state index in [0.717, 1.165) is 36.8 Å². The van der Waals surface area contributed by atoms with Gasteiger partial charge in [0.1, 0.15) is 17.2 Å². The molecule has 0 aliphatic rings. The van der Waals surface area contributed by atoms with Gasteiger partial charge < -0.3 is 4.23 Å². The summed E-state index contributed by atoms with van der Waals surface area (Å²) in [5.74, 6) is 0. The zero-order valence-electron chi connectivity index (χ0n) is 13.5. The Kier molecular flexibility index (Phi) is 10.9. The van der Waals surface area contributed by atoms with Gasteiger partial charge in [0.05, 0.1) is 0 Å². The minimum absolute atomic E-state index is 0.945. The molecule has 0 aromatic heterocycles. The fraction of sp³-hybridized carbons (Fsp3) is 0.333. The standard InChI is InChI=1S/C18H31NSi2/c1-7-13-19(20(14-8-2)15-9-3)21(16-10-4,17-11-5)18-12-6/h7-12,20H,1-6,13-18H2. The van der Waals surface area contributed by atoms with E-state index in [-0.39, 0.29) is 0 Å². The Morgan fingerprint density at radius 1 is 0.667 bits per heavy atom. The Hall–Kier alpha value is -1.17. The van der Waals surface area contributed by atoms with Crippen LogP contribution in [-0.4, -0.2) is 28.0 Å². The Labute approximate surface area is 134 Å². The van der Waals surface area contributed by atoms with Crippen LogP contribution in [0, 0.1) is 0 Å². The van der Waals surface area contributed by atoms with Gasteiger partial charge in [-0.3, -0.25) is 0 Å². The summed E-state index contributed by atoms with van der Waals surface area (Å²) in [4.78, 5) is 0. The molecule has 0 spiro atoms. The van der Waals surface area contributed by atoms with Crippen molar-refractivity contribution >= 4 is 17.2 Å². The zero-order chi connectivity index (χ0) is 16.1. The van der Waals surface area contributed by atoms with E-state index in [1.807, 2.05) is 6.08 Å². The van der Waals surface area contributed by atoms with Gasteiger partial charge in [-0.25, -0.2) is 0 Å². The average Bonchev–Trinajstić information content (AvgIpc) is 2.45. The van der Waals surface area contributed by atoms with E-state index in [1.54, 1.807) is 0 Å². The lowest BCUT2D eigenvalue weighted by molar-refractivity contribution is 0.682. The van der Waals surface area contributed by atoms with Crippen LogP contribution in [0.3, 0.4) is 0 Å². The van der Waals surface area contributed by atoms with E-state index in [1.165, 1.54) is 0 Å². The van der Waals surface area contributed by atoms with Crippen LogP contribution in [0.2, 0.25) is 30.2 Å². The monoisotopic (exact) mass is 317 g/mol. The lowest BCUT2D eigenvalue weighted by Crippen LogP contribution is -2.59. The molecule has 0 heterocycles. The maximum Gasteiger partial charge on any atom is 0.133 e. The number of rotatable bonds is 14. The highest BCUT2D eigenvalue weighted by Crippen LogP contribution is 2.30. The third-order valence-corrected chi connectivity index (χ3v) is 14.0. The molecule has 1 nitrogen and oxygen atoms in total. The molecule has 0 rings (SSSR count). The Morgan fingerprint density at radius 2 is 1.10 bits per heavy atom. The molecule has 0 saturated heterocycles. The predicted molar refractivity (Wildman–Crippen MR) is 105 cm³/mol. The first-order valence-corrected chi connectivity index (χ1v) is 12.3. The summed E-state index contributed by atoms with van der Waals surface area (Å²) in [6.07, 6.45) is 12.4. The third-order valence-electron chi connectivity index (χ3n) is 3.83. The van der Waals surface area contributed by atoms with E-state index in [0.29, 0.717) is 0 Å². The molecular weight excluding hydrogens is 286 g/mol. The highest BCUT2D eigenvalue weighted by atomic mass is 28.4. The fourth-order valence-corrected chi connectivity index (χ4v) is 12.9. The molecule has 0 aromatic rings. The second kappa shape index (κ2) is 11.5. The molecule has 0 unspecified atom stereocenters. The summed E-state index contributed by atoms with van der Waals surface area (Å²) < 4.78 is 2.77. The molecule has 3 heteroatoms. The van der Waals surface area contributed by atoms with Crippen LogP contribution in [0.5, 0.6) is 0 Å². The average molecular weight is 318 g/mol. The third kappa shape index (κ3) is 6.00. The first-order chi connectivity index (χ1) is 10.2. The van der Waals surface area contributed by atoms with Gasteiger partial charge in [-0.2, -0.15) is 0 Å². The van der Waals surface area contributed by atoms with Crippen molar-refractivity contribution in [1.29, 1.82) is 0 Å². The van der Waals surface area contributed by atoms with Crippen molar-refractivity contribution in [3.05, 3.63) is 75.9 Å². The van der Waals surface area contributed by atoms with E-state index >= 15 is 0 Å². The quantitative estimate of drug-likeness (QED) is 0.319. The molecule has 0 fully saturated rings. The van der Waals surface area contributed by atoms with Crippen molar-refractivity contribution in [1.82, 2.24) is 4.23 Å². The van der Waals surface area contributed by atoms with E-state index in [2.05, 4.69) is 74.1 Å². The summed E-state index contributed by atoms with van der Waals surface area (Å²) in [6.45, 7) is 24.8. The van der Waals surface area contributed by atoms with Gasteiger partial charge in [-0.15, -0.1) is 39.5 Å². The summed E-state index contributed by atoms with van der Waals surface area (Å²) in [6, 6.07) is 5.39. The Bertz CT molecular complexity index is 337. The number of hydrogen-bond acceptors (Lipinski definition) is 1. The lowest BCUT2D eigenvalue weighted by Gasteiger charge is -2.45. The van der Waals surface area contributed by atoms with Gasteiger partial charge in [0, 0.05) is 6.54 Å². The zero-order valence-corrected chi connectivity index (χ0v) is 15.6. The minimum Gasteiger partial charge on any atom is -0.343 e. The molecule has 0 saturated carbocycles. The van der Waals surface area contributed by atoms with Gasteiger partial charge in [-0.1, -0.05) is 36.5 Å². The second-order valence-electron chi connectivity index (χ2n) is 5.35. The van der Waals surface area contributed by atoms with Gasteiger partial charge in [0.25, 0.3) is 0 Å². The van der Waals surface area contributed by atoms with Crippen molar-refractivity contribution in [3.8, 4) is 0 Å². The molecule has 0 radical (unpaired) electrons. The van der Waals surface area contributed by atoms with Gasteiger partial charge in [-0.05, 0) is 30.2 Å². The maximum absolute atomic E-state index is 3.99. The van der Waals surface area contributed by atoms with Crippen LogP contribution in [0.25, 0.3) is 0 Å². The van der Waals surface area contributed by atoms with Crippen LogP contribution in [0.15, 0.2) is 75.9 Å². The number of allylic oxidation sites excluding steroid dienone is 5. The molecular formula is C18H31NSi2. The van der Waals surface area contributed by atoms with Crippen LogP contribution >= 0.6 is 0 Å². The van der Waals surface area contributed by atoms with E-state index in [9.17, 15) is 0 Å². The van der Waals surface area contributed by atoms with Crippen LogP contribution in [-0.2, 0) is 0 Å². The maximum atomic E-state index is 3.99. The molecule has 0 bridgehead atoms. The van der Waals surface area contributed by atoms with Crippen molar-refractivity contribution in [3.63, 3.8) is 0 Å². The highest BCUT2D eigenvalue weighted by Gasteiger charge is 2.39. The van der Waals surface area contributed by atoms with Crippen molar-refractivity contribution < 1.29 is 0 Å². The molecule has 21 heavy (non-hydrogen) atoms. The predicted octanol–water partition coefficient (Wildman–Crippen LogP) is 5.07. The smallest absolute Gasteiger partial charge is 0.133 e. The molecule has 0 aliphatic heterocycles. The topological polar surface area (TPSA) is 3.24 Å². The highest BCUT2D eigenvalue weighted by molar-refractivity contribution is 6.86. The van der Waals surface area contributed by atoms with Crippen molar-refractivity contribution in [2.75, 3.05) is 6.54 Å². The minimum atomic E-state index is -1.71. The number of hydrogen-bond donors (Lipinski definition) is 0. The SMILES string of the molecule is C=CCN([SiH](CC=C)CC=C)[Si](CC=C)(CC=C)CC=C. The first-order valence-electron chi connectivity index (χ1n) is 7.57. The van der Waals surface area contributed by atoms with E-state index in [4.69, 9.17) is 0 Å². The fourth-order valence-electron chi connectivity index (χ4n) is 3.01. The molecule has 116 valence electrons.